The molecule has 0 aliphatic carbocycles. The average Bonchev–Trinajstić information content (AvgIpc) is 3.14. The number of fused-ring (bicyclic) bond motifs is 3. The lowest BCUT2D eigenvalue weighted by Gasteiger charge is -2.25. The lowest BCUT2D eigenvalue weighted by Crippen LogP contribution is -2.30. The van der Waals surface area contributed by atoms with Crippen LogP contribution in [0.5, 0.6) is 0 Å². The standard InChI is InChI=1S/C24H31N3OS2/c1-3-5-6-7-11-16-29-24-25-22-21(19-14-15-26(4-2)17-20(19)30-22)23(28)27(24)18-12-9-8-10-13-18/h8-10,12-13H,3-7,11,14-17H2,1-2H3. The number of rotatable bonds is 9. The SMILES string of the molecule is CCCCCCCSc1nc2sc3c(c2c(=O)n1-c1ccccc1)CCN(CC)C3. The van der Waals surface area contributed by atoms with Crippen molar-refractivity contribution in [2.45, 2.75) is 64.1 Å². The van der Waals surface area contributed by atoms with E-state index in [2.05, 4.69) is 18.7 Å². The molecule has 1 aromatic carbocycles. The molecule has 6 heteroatoms. The van der Waals surface area contributed by atoms with Gasteiger partial charge in [-0.3, -0.25) is 14.3 Å². The van der Waals surface area contributed by atoms with E-state index in [0.29, 0.717) is 0 Å². The van der Waals surface area contributed by atoms with Gasteiger partial charge in [-0.25, -0.2) is 4.98 Å². The molecule has 160 valence electrons. The summed E-state index contributed by atoms with van der Waals surface area (Å²) in [5, 5.41) is 1.68. The van der Waals surface area contributed by atoms with Gasteiger partial charge in [0.25, 0.3) is 5.56 Å². The first-order chi connectivity index (χ1) is 14.7. The molecule has 1 aliphatic heterocycles. The van der Waals surface area contributed by atoms with Crippen molar-refractivity contribution in [1.29, 1.82) is 0 Å². The smallest absolute Gasteiger partial charge is 0.267 e. The molecule has 0 N–H and O–H groups in total. The average molecular weight is 442 g/mol. The molecule has 0 bridgehead atoms. The number of unbranched alkanes of at least 4 members (excludes halogenated alkanes) is 4. The number of hydrogen-bond acceptors (Lipinski definition) is 5. The summed E-state index contributed by atoms with van der Waals surface area (Å²) in [7, 11) is 0. The van der Waals surface area contributed by atoms with Crippen LogP contribution in [0.15, 0.2) is 40.3 Å². The van der Waals surface area contributed by atoms with Crippen LogP contribution in [-0.2, 0) is 13.0 Å². The van der Waals surface area contributed by atoms with Crippen LogP contribution < -0.4 is 5.56 Å². The van der Waals surface area contributed by atoms with Crippen molar-refractivity contribution in [1.82, 2.24) is 14.5 Å². The van der Waals surface area contributed by atoms with Gasteiger partial charge < -0.3 is 0 Å². The Kier molecular flexibility index (Phi) is 7.28. The van der Waals surface area contributed by atoms with Crippen molar-refractivity contribution in [2.75, 3.05) is 18.8 Å². The van der Waals surface area contributed by atoms with Crippen LogP contribution in [-0.4, -0.2) is 33.3 Å². The van der Waals surface area contributed by atoms with E-state index in [-0.39, 0.29) is 5.56 Å². The number of likely N-dealkylation sites (N-methyl/N-ethyl adjacent to an activating group) is 1. The number of aromatic nitrogens is 2. The maximum Gasteiger partial charge on any atom is 0.267 e. The molecule has 30 heavy (non-hydrogen) atoms. The fourth-order valence-electron chi connectivity index (χ4n) is 4.12. The molecule has 0 spiro atoms. The number of benzene rings is 1. The minimum Gasteiger partial charge on any atom is -0.298 e. The molecule has 0 unspecified atom stereocenters. The molecular formula is C24H31N3OS2. The zero-order chi connectivity index (χ0) is 20.9. The molecule has 3 aromatic rings. The monoisotopic (exact) mass is 441 g/mol. The summed E-state index contributed by atoms with van der Waals surface area (Å²) in [6.07, 6.45) is 7.22. The third-order valence-corrected chi connectivity index (χ3v) is 8.00. The Hall–Kier alpha value is -1.63. The van der Waals surface area contributed by atoms with E-state index < -0.39 is 0 Å². The predicted octanol–water partition coefficient (Wildman–Crippen LogP) is 5.89. The highest BCUT2D eigenvalue weighted by atomic mass is 32.2. The topological polar surface area (TPSA) is 38.1 Å². The number of para-hydroxylation sites is 1. The summed E-state index contributed by atoms with van der Waals surface area (Å²) < 4.78 is 1.85. The lowest BCUT2D eigenvalue weighted by atomic mass is 10.1. The van der Waals surface area contributed by atoms with Gasteiger partial charge in [0.2, 0.25) is 0 Å². The summed E-state index contributed by atoms with van der Waals surface area (Å²) in [6, 6.07) is 10.0. The van der Waals surface area contributed by atoms with Crippen molar-refractivity contribution in [2.24, 2.45) is 0 Å². The number of nitrogens with zero attached hydrogens (tertiary/aromatic N) is 3. The zero-order valence-corrected chi connectivity index (χ0v) is 19.7. The van der Waals surface area contributed by atoms with Gasteiger partial charge in [-0.1, -0.05) is 69.5 Å². The Morgan fingerprint density at radius 2 is 1.90 bits per heavy atom. The zero-order valence-electron chi connectivity index (χ0n) is 18.0. The van der Waals surface area contributed by atoms with E-state index >= 15 is 0 Å². The van der Waals surface area contributed by atoms with Crippen molar-refractivity contribution in [3.05, 3.63) is 51.1 Å². The van der Waals surface area contributed by atoms with E-state index in [1.807, 2.05) is 34.9 Å². The second-order valence-electron chi connectivity index (χ2n) is 7.94. The van der Waals surface area contributed by atoms with Gasteiger partial charge in [0.15, 0.2) is 5.16 Å². The number of thiophene rings is 1. The minimum atomic E-state index is 0.0992. The third-order valence-electron chi connectivity index (χ3n) is 5.86. The highest BCUT2D eigenvalue weighted by Gasteiger charge is 2.25. The van der Waals surface area contributed by atoms with Crippen LogP contribution in [0.1, 0.15) is 56.4 Å². The van der Waals surface area contributed by atoms with Gasteiger partial charge in [0.1, 0.15) is 4.83 Å². The molecule has 0 saturated carbocycles. The van der Waals surface area contributed by atoms with E-state index in [4.69, 9.17) is 4.98 Å². The largest absolute Gasteiger partial charge is 0.298 e. The van der Waals surface area contributed by atoms with Crippen LogP contribution in [0, 0.1) is 0 Å². The van der Waals surface area contributed by atoms with Gasteiger partial charge in [-0.05, 0) is 37.1 Å². The molecule has 2 aromatic heterocycles. The summed E-state index contributed by atoms with van der Waals surface area (Å²) in [4.78, 5) is 23.4. The van der Waals surface area contributed by atoms with Gasteiger partial charge in [0, 0.05) is 23.7 Å². The van der Waals surface area contributed by atoms with Crippen LogP contribution in [0.25, 0.3) is 15.9 Å². The quantitative estimate of drug-likeness (QED) is 0.236. The molecule has 0 fully saturated rings. The normalized spacial score (nSPS) is 14.3. The molecule has 3 heterocycles. The predicted molar refractivity (Wildman–Crippen MR) is 129 cm³/mol. The second-order valence-corrected chi connectivity index (χ2v) is 10.1. The van der Waals surface area contributed by atoms with E-state index in [9.17, 15) is 4.79 Å². The molecule has 0 atom stereocenters. The Balaban J connectivity index is 1.71. The van der Waals surface area contributed by atoms with Crippen LogP contribution in [0.4, 0.5) is 0 Å². The Labute approximate surface area is 187 Å². The first-order valence-electron chi connectivity index (χ1n) is 11.2. The summed E-state index contributed by atoms with van der Waals surface area (Å²) in [6.45, 7) is 7.46. The van der Waals surface area contributed by atoms with E-state index in [1.54, 1.807) is 23.1 Å². The highest BCUT2D eigenvalue weighted by Crippen LogP contribution is 2.34. The molecule has 0 saturated heterocycles. The maximum atomic E-state index is 13.7. The molecule has 0 radical (unpaired) electrons. The molecule has 4 rings (SSSR count). The summed E-state index contributed by atoms with van der Waals surface area (Å²) >= 11 is 3.45. The molecular weight excluding hydrogens is 410 g/mol. The van der Waals surface area contributed by atoms with Gasteiger partial charge in [0.05, 0.1) is 11.1 Å². The van der Waals surface area contributed by atoms with E-state index in [0.717, 1.165) is 52.9 Å². The Bertz CT molecular complexity index is 1040. The molecule has 1 aliphatic rings. The van der Waals surface area contributed by atoms with Crippen molar-refractivity contribution < 1.29 is 0 Å². The maximum absolute atomic E-state index is 13.7. The summed E-state index contributed by atoms with van der Waals surface area (Å²) in [5.41, 5.74) is 2.25. The Morgan fingerprint density at radius 1 is 1.10 bits per heavy atom. The third kappa shape index (κ3) is 4.51. The van der Waals surface area contributed by atoms with Crippen LogP contribution in [0.2, 0.25) is 0 Å². The fourth-order valence-corrected chi connectivity index (χ4v) is 6.43. The lowest BCUT2D eigenvalue weighted by molar-refractivity contribution is 0.272. The molecule has 4 nitrogen and oxygen atoms in total. The molecule has 0 amide bonds. The summed E-state index contributed by atoms with van der Waals surface area (Å²) in [5.74, 6) is 1.00. The van der Waals surface area contributed by atoms with Gasteiger partial charge in [-0.2, -0.15) is 0 Å². The van der Waals surface area contributed by atoms with E-state index in [1.165, 1.54) is 42.5 Å². The van der Waals surface area contributed by atoms with Gasteiger partial charge in [-0.15, -0.1) is 11.3 Å². The second kappa shape index (κ2) is 10.1. The Morgan fingerprint density at radius 3 is 2.67 bits per heavy atom. The first-order valence-corrected chi connectivity index (χ1v) is 13.0. The van der Waals surface area contributed by atoms with Crippen LogP contribution >= 0.6 is 23.1 Å². The number of thioether (sulfide) groups is 1. The highest BCUT2D eigenvalue weighted by molar-refractivity contribution is 7.99. The van der Waals surface area contributed by atoms with Gasteiger partial charge >= 0.3 is 0 Å². The van der Waals surface area contributed by atoms with Crippen molar-refractivity contribution in [3.63, 3.8) is 0 Å². The van der Waals surface area contributed by atoms with Crippen LogP contribution in [0.3, 0.4) is 0 Å². The van der Waals surface area contributed by atoms with Crippen molar-refractivity contribution >= 4 is 33.3 Å². The number of hydrogen-bond donors (Lipinski definition) is 0. The minimum absolute atomic E-state index is 0.0992. The van der Waals surface area contributed by atoms with Crippen molar-refractivity contribution in [3.8, 4) is 5.69 Å². The fraction of sp³-hybridized carbons (Fsp3) is 0.500. The first kappa shape index (κ1) is 21.6.